The Bertz CT molecular complexity index is 768. The zero-order chi connectivity index (χ0) is 14.7. The van der Waals surface area contributed by atoms with E-state index in [9.17, 15) is 22.8 Å². The fraction of sp³-hybridized carbons (Fsp3) is 0.333. The highest BCUT2D eigenvalue weighted by molar-refractivity contribution is 6.01. The van der Waals surface area contributed by atoms with Crippen LogP contribution in [0.25, 0.3) is 11.0 Å². The number of carboxylic acid groups (broad SMARTS) is 1. The molecule has 1 aliphatic rings. The first-order valence-electron chi connectivity index (χ1n) is 5.82. The molecular formula is C12H9F3N2O3. The zero-order valence-electron chi connectivity index (χ0n) is 9.99. The van der Waals surface area contributed by atoms with Gasteiger partial charge in [0, 0.05) is 0 Å². The lowest BCUT2D eigenvalue weighted by atomic mass is 10.1. The first-order chi connectivity index (χ1) is 9.28. The summed E-state index contributed by atoms with van der Waals surface area (Å²) < 4.78 is 40.0. The number of para-hydroxylation sites is 1. The highest BCUT2D eigenvalue weighted by Gasteiger charge is 2.66. The van der Waals surface area contributed by atoms with Gasteiger partial charge in [-0.15, -0.1) is 0 Å². The Labute approximate surface area is 109 Å². The Kier molecular flexibility index (Phi) is 2.33. The fourth-order valence-corrected chi connectivity index (χ4v) is 2.49. The highest BCUT2D eigenvalue weighted by Crippen LogP contribution is 2.55. The monoisotopic (exact) mass is 286 g/mol. The number of benzene rings is 1. The van der Waals surface area contributed by atoms with Crippen LogP contribution in [0.1, 0.15) is 23.2 Å². The first kappa shape index (κ1) is 12.8. The van der Waals surface area contributed by atoms with E-state index in [0.29, 0.717) is 4.57 Å². The van der Waals surface area contributed by atoms with E-state index >= 15 is 0 Å². The molecule has 1 aromatic carbocycles. The molecule has 20 heavy (non-hydrogen) atoms. The van der Waals surface area contributed by atoms with Crippen molar-refractivity contribution >= 4 is 17.0 Å². The molecule has 0 spiro atoms. The molecule has 0 atom stereocenters. The van der Waals surface area contributed by atoms with Gasteiger partial charge in [0.15, 0.2) is 0 Å². The van der Waals surface area contributed by atoms with Crippen LogP contribution in [0, 0.1) is 0 Å². The lowest BCUT2D eigenvalue weighted by Crippen LogP contribution is -2.40. The number of H-pyrrole nitrogens is 1. The van der Waals surface area contributed by atoms with Crippen molar-refractivity contribution < 1.29 is 23.1 Å². The van der Waals surface area contributed by atoms with Gasteiger partial charge in [0.1, 0.15) is 5.54 Å². The molecule has 0 amide bonds. The zero-order valence-corrected chi connectivity index (χ0v) is 9.99. The van der Waals surface area contributed by atoms with E-state index in [1.165, 1.54) is 18.2 Å². The normalized spacial score (nSPS) is 17.4. The van der Waals surface area contributed by atoms with Gasteiger partial charge in [-0.2, -0.15) is 13.2 Å². The molecule has 2 N–H and O–H groups in total. The number of hydrogen-bond donors (Lipinski definition) is 2. The standard InChI is InChI=1S/C12H9F3N2O3/c13-12(14,15)11(4-5-11)17-7-3-1-2-6(9(18)19)8(7)16-10(17)20/h1-3H,4-5H2,(H,16,20)(H,18,19). The quantitative estimate of drug-likeness (QED) is 0.887. The molecule has 1 saturated carbocycles. The minimum Gasteiger partial charge on any atom is -0.478 e. The van der Waals surface area contributed by atoms with E-state index < -0.39 is 23.4 Å². The van der Waals surface area contributed by atoms with Crippen LogP contribution in [-0.4, -0.2) is 26.8 Å². The van der Waals surface area contributed by atoms with E-state index in [2.05, 4.69) is 4.98 Å². The summed E-state index contributed by atoms with van der Waals surface area (Å²) in [7, 11) is 0. The molecule has 5 nitrogen and oxygen atoms in total. The number of fused-ring (bicyclic) bond motifs is 1. The maximum atomic E-state index is 13.1. The molecule has 1 aliphatic carbocycles. The van der Waals surface area contributed by atoms with Crippen molar-refractivity contribution in [3.63, 3.8) is 0 Å². The number of nitrogens with zero attached hydrogens (tertiary/aromatic N) is 1. The third kappa shape index (κ3) is 1.50. The van der Waals surface area contributed by atoms with Crippen LogP contribution in [0.15, 0.2) is 23.0 Å². The molecule has 1 aromatic heterocycles. The summed E-state index contributed by atoms with van der Waals surface area (Å²) in [6, 6.07) is 3.87. The number of halogens is 3. The van der Waals surface area contributed by atoms with Crippen LogP contribution >= 0.6 is 0 Å². The minimum absolute atomic E-state index is 0.0373. The van der Waals surface area contributed by atoms with E-state index in [1.54, 1.807) is 0 Å². The molecule has 0 radical (unpaired) electrons. The summed E-state index contributed by atoms with van der Waals surface area (Å²) in [5.74, 6) is -1.30. The molecule has 8 heteroatoms. The predicted octanol–water partition coefficient (Wildman–Crippen LogP) is 2.08. The highest BCUT2D eigenvalue weighted by atomic mass is 19.4. The summed E-state index contributed by atoms with van der Waals surface area (Å²) in [6.07, 6.45) is -4.91. The van der Waals surface area contributed by atoms with Gasteiger partial charge in [-0.1, -0.05) is 6.07 Å². The van der Waals surface area contributed by atoms with Gasteiger partial charge in [0.25, 0.3) is 0 Å². The Hall–Kier alpha value is -2.25. The summed E-state index contributed by atoms with van der Waals surface area (Å²) in [5, 5.41) is 9.01. The number of hydrogen-bond acceptors (Lipinski definition) is 2. The summed E-state index contributed by atoms with van der Waals surface area (Å²) >= 11 is 0. The third-order valence-corrected chi connectivity index (χ3v) is 3.63. The number of aromatic carboxylic acids is 1. The van der Waals surface area contributed by atoms with Crippen molar-refractivity contribution in [2.45, 2.75) is 24.6 Å². The van der Waals surface area contributed by atoms with Gasteiger partial charge in [-0.05, 0) is 25.0 Å². The lowest BCUT2D eigenvalue weighted by molar-refractivity contribution is -0.179. The topological polar surface area (TPSA) is 75.1 Å². The van der Waals surface area contributed by atoms with Crippen LogP contribution < -0.4 is 5.69 Å². The van der Waals surface area contributed by atoms with Crippen molar-refractivity contribution in [2.75, 3.05) is 0 Å². The van der Waals surface area contributed by atoms with Gasteiger partial charge in [-0.25, -0.2) is 9.59 Å². The fourth-order valence-electron chi connectivity index (χ4n) is 2.49. The van der Waals surface area contributed by atoms with Gasteiger partial charge in [-0.3, -0.25) is 4.57 Å². The average Bonchev–Trinajstić information content (AvgIpc) is 3.06. The molecule has 0 saturated heterocycles. The Balaban J connectivity index is 2.34. The van der Waals surface area contributed by atoms with Crippen molar-refractivity contribution in [1.82, 2.24) is 9.55 Å². The van der Waals surface area contributed by atoms with E-state index in [1.807, 2.05) is 0 Å². The largest absolute Gasteiger partial charge is 0.478 e. The number of nitrogens with one attached hydrogen (secondary N) is 1. The maximum absolute atomic E-state index is 13.1. The Morgan fingerprint density at radius 1 is 1.35 bits per heavy atom. The SMILES string of the molecule is O=C(O)c1cccc2c1[nH]c(=O)n2C1(C(F)(F)F)CC1. The minimum atomic E-state index is -4.55. The lowest BCUT2D eigenvalue weighted by Gasteiger charge is -2.20. The summed E-state index contributed by atoms with van der Waals surface area (Å²) in [6.45, 7) is 0. The van der Waals surface area contributed by atoms with Gasteiger partial charge >= 0.3 is 17.8 Å². The number of alkyl halides is 3. The maximum Gasteiger partial charge on any atom is 0.412 e. The second-order valence-corrected chi connectivity index (χ2v) is 4.80. The smallest absolute Gasteiger partial charge is 0.412 e. The summed E-state index contributed by atoms with van der Waals surface area (Å²) in [5.41, 5.74) is -3.50. The number of rotatable bonds is 2. The van der Waals surface area contributed by atoms with Crippen molar-refractivity contribution in [1.29, 1.82) is 0 Å². The number of aromatic nitrogens is 2. The van der Waals surface area contributed by atoms with Crippen molar-refractivity contribution in [3.8, 4) is 0 Å². The number of imidazole rings is 1. The van der Waals surface area contributed by atoms with Crippen LogP contribution in [-0.2, 0) is 5.54 Å². The predicted molar refractivity (Wildman–Crippen MR) is 62.8 cm³/mol. The second-order valence-electron chi connectivity index (χ2n) is 4.80. The molecule has 0 aliphatic heterocycles. The molecule has 106 valence electrons. The summed E-state index contributed by atoms with van der Waals surface area (Å²) in [4.78, 5) is 25.1. The Morgan fingerprint density at radius 2 is 2.00 bits per heavy atom. The van der Waals surface area contributed by atoms with Crippen LogP contribution in [0.4, 0.5) is 13.2 Å². The van der Waals surface area contributed by atoms with Crippen LogP contribution in [0.5, 0.6) is 0 Å². The second kappa shape index (κ2) is 3.65. The van der Waals surface area contributed by atoms with E-state index in [-0.39, 0.29) is 29.4 Å². The molecular weight excluding hydrogens is 277 g/mol. The van der Waals surface area contributed by atoms with Crippen LogP contribution in [0.3, 0.4) is 0 Å². The molecule has 0 unspecified atom stereocenters. The van der Waals surface area contributed by atoms with Gasteiger partial charge in [0.05, 0.1) is 16.6 Å². The number of carbonyl (C=O) groups is 1. The van der Waals surface area contributed by atoms with Crippen molar-refractivity contribution in [2.24, 2.45) is 0 Å². The molecule has 1 heterocycles. The van der Waals surface area contributed by atoms with Gasteiger partial charge in [0.2, 0.25) is 0 Å². The van der Waals surface area contributed by atoms with Crippen molar-refractivity contribution in [3.05, 3.63) is 34.2 Å². The number of carboxylic acids is 1. The molecule has 0 bridgehead atoms. The number of aromatic amines is 1. The van der Waals surface area contributed by atoms with E-state index in [0.717, 1.165) is 0 Å². The molecule has 3 rings (SSSR count). The average molecular weight is 286 g/mol. The third-order valence-electron chi connectivity index (χ3n) is 3.63. The van der Waals surface area contributed by atoms with E-state index in [4.69, 9.17) is 5.11 Å². The molecule has 1 fully saturated rings. The first-order valence-corrected chi connectivity index (χ1v) is 5.82. The van der Waals surface area contributed by atoms with Crippen LogP contribution in [0.2, 0.25) is 0 Å². The molecule has 2 aromatic rings. The van der Waals surface area contributed by atoms with Gasteiger partial charge < -0.3 is 10.1 Å². The Morgan fingerprint density at radius 3 is 2.50 bits per heavy atom.